The van der Waals surface area contributed by atoms with E-state index in [4.69, 9.17) is 4.74 Å². The zero-order valence-electron chi connectivity index (χ0n) is 14.5. The summed E-state index contributed by atoms with van der Waals surface area (Å²) < 4.78 is 19.2. The number of aromatic nitrogens is 1. The number of nitrogens with one attached hydrogen (secondary N) is 1. The van der Waals surface area contributed by atoms with E-state index >= 15 is 0 Å². The van der Waals surface area contributed by atoms with Crippen LogP contribution in [0.5, 0.6) is 0 Å². The third-order valence-corrected chi connectivity index (χ3v) is 4.17. The van der Waals surface area contributed by atoms with Crippen LogP contribution in [0.4, 0.5) is 4.39 Å². The van der Waals surface area contributed by atoms with Gasteiger partial charge in [0.05, 0.1) is 24.9 Å². The van der Waals surface area contributed by atoms with Crippen molar-refractivity contribution in [3.05, 3.63) is 65.7 Å². The van der Waals surface area contributed by atoms with Gasteiger partial charge in [0, 0.05) is 19.8 Å². The predicted molar refractivity (Wildman–Crippen MR) is 95.7 cm³/mol. The maximum Gasteiger partial charge on any atom is 0.194 e. The quantitative estimate of drug-likeness (QED) is 0.688. The maximum absolute atomic E-state index is 13.2. The fourth-order valence-corrected chi connectivity index (χ4v) is 2.99. The van der Waals surface area contributed by atoms with E-state index in [1.54, 1.807) is 25.4 Å². The Hall–Kier alpha value is -2.47. The average molecular weight is 342 g/mol. The van der Waals surface area contributed by atoms with Crippen molar-refractivity contribution < 1.29 is 9.13 Å². The van der Waals surface area contributed by atoms with E-state index in [-0.39, 0.29) is 18.0 Å². The first-order valence-corrected chi connectivity index (χ1v) is 8.42. The molecule has 6 heteroatoms. The number of ether oxygens (including phenoxy) is 1. The number of rotatable bonds is 3. The molecule has 0 aliphatic carbocycles. The van der Waals surface area contributed by atoms with Crippen molar-refractivity contribution in [2.45, 2.75) is 25.7 Å². The third-order valence-electron chi connectivity index (χ3n) is 4.17. The lowest BCUT2D eigenvalue weighted by molar-refractivity contribution is -0.0605. The van der Waals surface area contributed by atoms with Gasteiger partial charge in [0.25, 0.3) is 0 Å². The molecule has 0 radical (unpaired) electrons. The Morgan fingerprint density at radius 1 is 1.28 bits per heavy atom. The van der Waals surface area contributed by atoms with Crippen LogP contribution >= 0.6 is 0 Å². The molecule has 1 N–H and O–H groups in total. The molecule has 1 aliphatic heterocycles. The maximum atomic E-state index is 13.2. The molecule has 1 aromatic carbocycles. The Kier molecular flexibility index (Phi) is 5.60. The highest BCUT2D eigenvalue weighted by Crippen LogP contribution is 2.25. The molecule has 1 fully saturated rings. The van der Waals surface area contributed by atoms with Crippen LogP contribution < -0.4 is 5.32 Å². The van der Waals surface area contributed by atoms with Crippen molar-refractivity contribution >= 4 is 5.96 Å². The van der Waals surface area contributed by atoms with Crippen LogP contribution in [0, 0.1) is 5.82 Å². The molecule has 2 atom stereocenters. The highest BCUT2D eigenvalue weighted by molar-refractivity contribution is 5.80. The Balaban J connectivity index is 1.68. The minimum atomic E-state index is -0.239. The van der Waals surface area contributed by atoms with Gasteiger partial charge in [-0.25, -0.2) is 4.39 Å². The standard InChI is InChI=1S/C19H23FN4O/c1-14-12-24(13-18(25-14)15-6-8-16(20)9-7-15)19(21-2)23-11-17-5-3-4-10-22-17/h3-10,14,18H,11-13H2,1-2H3,(H,21,23). The van der Waals surface area contributed by atoms with Crippen molar-refractivity contribution in [1.82, 2.24) is 15.2 Å². The summed E-state index contributed by atoms with van der Waals surface area (Å²) in [5.41, 5.74) is 1.93. The van der Waals surface area contributed by atoms with Crippen LogP contribution in [0.15, 0.2) is 53.7 Å². The van der Waals surface area contributed by atoms with E-state index in [1.165, 1.54) is 12.1 Å². The second kappa shape index (κ2) is 8.07. The van der Waals surface area contributed by atoms with E-state index in [1.807, 2.05) is 25.1 Å². The van der Waals surface area contributed by atoms with Crippen LogP contribution in [0.3, 0.4) is 0 Å². The average Bonchev–Trinajstić information content (AvgIpc) is 2.63. The molecule has 25 heavy (non-hydrogen) atoms. The number of hydrogen-bond acceptors (Lipinski definition) is 3. The van der Waals surface area contributed by atoms with E-state index in [0.717, 1.165) is 23.8 Å². The highest BCUT2D eigenvalue weighted by Gasteiger charge is 2.28. The van der Waals surface area contributed by atoms with E-state index < -0.39 is 0 Å². The molecular formula is C19H23FN4O. The topological polar surface area (TPSA) is 49.8 Å². The molecule has 3 rings (SSSR count). The summed E-state index contributed by atoms with van der Waals surface area (Å²) in [6, 6.07) is 12.3. The normalized spacial score (nSPS) is 21.2. The van der Waals surface area contributed by atoms with E-state index in [0.29, 0.717) is 13.1 Å². The summed E-state index contributed by atoms with van der Waals surface area (Å²) in [4.78, 5) is 10.9. The fraction of sp³-hybridized carbons (Fsp3) is 0.368. The molecule has 1 aliphatic rings. The first-order chi connectivity index (χ1) is 12.2. The van der Waals surface area contributed by atoms with Crippen molar-refractivity contribution in [2.75, 3.05) is 20.1 Å². The van der Waals surface area contributed by atoms with Crippen LogP contribution in [0.25, 0.3) is 0 Å². The van der Waals surface area contributed by atoms with Crippen molar-refractivity contribution in [2.24, 2.45) is 4.99 Å². The van der Waals surface area contributed by atoms with Gasteiger partial charge in [0.15, 0.2) is 5.96 Å². The monoisotopic (exact) mass is 342 g/mol. The number of guanidine groups is 1. The van der Waals surface area contributed by atoms with Gasteiger partial charge in [-0.05, 0) is 36.8 Å². The molecule has 2 aromatic rings. The van der Waals surface area contributed by atoms with E-state index in [2.05, 4.69) is 20.2 Å². The second-order valence-corrected chi connectivity index (χ2v) is 6.11. The largest absolute Gasteiger partial charge is 0.367 e. The zero-order valence-corrected chi connectivity index (χ0v) is 14.5. The van der Waals surface area contributed by atoms with Crippen LogP contribution in [0.2, 0.25) is 0 Å². The van der Waals surface area contributed by atoms with Gasteiger partial charge >= 0.3 is 0 Å². The number of morpholine rings is 1. The van der Waals surface area contributed by atoms with Crippen molar-refractivity contribution in [3.8, 4) is 0 Å². The molecule has 0 spiro atoms. The lowest BCUT2D eigenvalue weighted by Crippen LogP contribution is -2.50. The van der Waals surface area contributed by atoms with Gasteiger partial charge in [-0.3, -0.25) is 9.98 Å². The number of nitrogens with zero attached hydrogens (tertiary/aromatic N) is 3. The number of halogens is 1. The van der Waals surface area contributed by atoms with Crippen molar-refractivity contribution in [3.63, 3.8) is 0 Å². The molecule has 0 bridgehead atoms. The Morgan fingerprint density at radius 3 is 2.76 bits per heavy atom. The Bertz CT molecular complexity index is 705. The molecule has 1 saturated heterocycles. The van der Waals surface area contributed by atoms with Gasteiger partial charge in [-0.1, -0.05) is 18.2 Å². The van der Waals surface area contributed by atoms with Gasteiger partial charge in [-0.2, -0.15) is 0 Å². The molecule has 1 aromatic heterocycles. The predicted octanol–water partition coefficient (Wildman–Crippen LogP) is 2.76. The van der Waals surface area contributed by atoms with Crippen LogP contribution in [-0.4, -0.2) is 42.1 Å². The zero-order chi connectivity index (χ0) is 17.6. The summed E-state index contributed by atoms with van der Waals surface area (Å²) in [6.45, 7) is 4.06. The summed E-state index contributed by atoms with van der Waals surface area (Å²) in [6.07, 6.45) is 1.72. The first kappa shape index (κ1) is 17.4. The number of aliphatic imine (C=N–C) groups is 1. The smallest absolute Gasteiger partial charge is 0.194 e. The van der Waals surface area contributed by atoms with Gasteiger partial charge in [0.2, 0.25) is 0 Å². The second-order valence-electron chi connectivity index (χ2n) is 6.11. The molecule has 5 nitrogen and oxygen atoms in total. The van der Waals surface area contributed by atoms with Crippen LogP contribution in [0.1, 0.15) is 24.3 Å². The van der Waals surface area contributed by atoms with Crippen molar-refractivity contribution in [1.29, 1.82) is 0 Å². The molecule has 0 amide bonds. The van der Waals surface area contributed by atoms with E-state index in [9.17, 15) is 4.39 Å². The first-order valence-electron chi connectivity index (χ1n) is 8.42. The number of hydrogen-bond donors (Lipinski definition) is 1. The molecule has 2 heterocycles. The summed E-state index contributed by atoms with van der Waals surface area (Å²) in [7, 11) is 1.77. The lowest BCUT2D eigenvalue weighted by atomic mass is 10.1. The summed E-state index contributed by atoms with van der Waals surface area (Å²) in [5, 5.41) is 3.35. The Labute approximate surface area is 147 Å². The minimum Gasteiger partial charge on any atom is -0.367 e. The Morgan fingerprint density at radius 2 is 2.08 bits per heavy atom. The molecule has 0 saturated carbocycles. The summed E-state index contributed by atoms with van der Waals surface area (Å²) in [5.74, 6) is 0.574. The lowest BCUT2D eigenvalue weighted by Gasteiger charge is -2.38. The fourth-order valence-electron chi connectivity index (χ4n) is 2.99. The highest BCUT2D eigenvalue weighted by atomic mass is 19.1. The molecule has 2 unspecified atom stereocenters. The van der Waals surface area contributed by atoms with Gasteiger partial charge < -0.3 is 15.0 Å². The molecular weight excluding hydrogens is 319 g/mol. The minimum absolute atomic E-state index is 0.0530. The van der Waals surface area contributed by atoms with Gasteiger partial charge in [0.1, 0.15) is 11.9 Å². The number of pyridine rings is 1. The number of benzene rings is 1. The van der Waals surface area contributed by atoms with Crippen LogP contribution in [-0.2, 0) is 11.3 Å². The van der Waals surface area contributed by atoms with Gasteiger partial charge in [-0.15, -0.1) is 0 Å². The SMILES string of the molecule is CN=C(NCc1ccccn1)N1CC(C)OC(c2ccc(F)cc2)C1. The summed E-state index contributed by atoms with van der Waals surface area (Å²) >= 11 is 0. The third kappa shape index (κ3) is 4.54. The molecule has 132 valence electrons.